The first-order chi connectivity index (χ1) is 15.4. The molecule has 1 amide bonds. The molecule has 8 heteroatoms. The Morgan fingerprint density at radius 3 is 2.59 bits per heavy atom. The fourth-order valence-electron chi connectivity index (χ4n) is 3.69. The molecule has 0 aliphatic carbocycles. The summed E-state index contributed by atoms with van der Waals surface area (Å²) in [6.07, 6.45) is 1.46. The Hall–Kier alpha value is -3.58. The van der Waals surface area contributed by atoms with Crippen molar-refractivity contribution < 1.29 is 28.2 Å². The van der Waals surface area contributed by atoms with Crippen LogP contribution in [-0.4, -0.2) is 28.3 Å². The Kier molecular flexibility index (Phi) is 6.01. The molecule has 32 heavy (non-hydrogen) atoms. The van der Waals surface area contributed by atoms with Gasteiger partial charge >= 0.3 is 0 Å². The van der Waals surface area contributed by atoms with E-state index in [0.29, 0.717) is 23.7 Å². The number of aliphatic hydroxyl groups is 1. The second-order valence-corrected chi connectivity index (χ2v) is 7.54. The van der Waals surface area contributed by atoms with Gasteiger partial charge in [0, 0.05) is 5.56 Å². The zero-order valence-electron chi connectivity index (χ0n) is 17.0. The predicted molar refractivity (Wildman–Crippen MR) is 116 cm³/mol. The van der Waals surface area contributed by atoms with Gasteiger partial charge in [-0.15, -0.1) is 0 Å². The van der Waals surface area contributed by atoms with Crippen LogP contribution in [0.25, 0.3) is 5.76 Å². The van der Waals surface area contributed by atoms with Crippen molar-refractivity contribution >= 4 is 29.1 Å². The maximum Gasteiger partial charge on any atom is 0.296 e. The smallest absolute Gasteiger partial charge is 0.296 e. The van der Waals surface area contributed by atoms with Crippen LogP contribution in [0.4, 0.5) is 4.39 Å². The van der Waals surface area contributed by atoms with Crippen molar-refractivity contribution in [2.75, 3.05) is 6.61 Å². The minimum atomic E-state index is -0.965. The first-order valence-electron chi connectivity index (χ1n) is 9.89. The molecule has 2 heterocycles. The topological polar surface area (TPSA) is 80.0 Å². The quantitative estimate of drug-likeness (QED) is 0.318. The number of halogens is 2. The molecule has 1 aliphatic rings. The largest absolute Gasteiger partial charge is 0.507 e. The summed E-state index contributed by atoms with van der Waals surface area (Å²) in [5.41, 5.74) is 0.459. The zero-order chi connectivity index (χ0) is 22.8. The second kappa shape index (κ2) is 8.88. The molecule has 4 rings (SSSR count). The fourth-order valence-corrected chi connectivity index (χ4v) is 3.90. The highest BCUT2D eigenvalue weighted by Crippen LogP contribution is 2.41. The summed E-state index contributed by atoms with van der Waals surface area (Å²) < 4.78 is 24.4. The van der Waals surface area contributed by atoms with E-state index in [1.807, 2.05) is 6.92 Å². The molecule has 2 aromatic carbocycles. The lowest BCUT2D eigenvalue weighted by Gasteiger charge is -2.24. The number of ether oxygens (including phenoxy) is 1. The lowest BCUT2D eigenvalue weighted by molar-refractivity contribution is -0.140. The standard InChI is InChI=1S/C24H19ClFNO5/c1-2-31-16-9-10-19(25)18(12-16)22(28)20-21(14-5-7-15(26)8-6-14)27(24(30)23(20)29)13-17-4-3-11-32-17/h3-12,21,28H,2,13H2,1H3/b22-20+. The number of furan rings is 1. The molecule has 1 aromatic heterocycles. The number of carbonyl (C=O) groups is 2. The minimum absolute atomic E-state index is 0.0108. The van der Waals surface area contributed by atoms with Gasteiger partial charge in [0.2, 0.25) is 0 Å². The maximum absolute atomic E-state index is 13.6. The Labute approximate surface area is 188 Å². The van der Waals surface area contributed by atoms with Gasteiger partial charge in [0.1, 0.15) is 23.1 Å². The lowest BCUT2D eigenvalue weighted by atomic mass is 9.95. The molecule has 1 N–H and O–H groups in total. The van der Waals surface area contributed by atoms with Crippen molar-refractivity contribution in [1.82, 2.24) is 4.90 Å². The number of likely N-dealkylation sites (tertiary alicyclic amines) is 1. The van der Waals surface area contributed by atoms with Gasteiger partial charge in [-0.25, -0.2) is 4.39 Å². The van der Waals surface area contributed by atoms with Gasteiger partial charge in [0.15, 0.2) is 0 Å². The second-order valence-electron chi connectivity index (χ2n) is 7.13. The number of hydrogen-bond acceptors (Lipinski definition) is 5. The summed E-state index contributed by atoms with van der Waals surface area (Å²) in [7, 11) is 0. The van der Waals surface area contributed by atoms with E-state index < -0.39 is 29.3 Å². The number of hydrogen-bond donors (Lipinski definition) is 1. The molecule has 6 nitrogen and oxygen atoms in total. The summed E-state index contributed by atoms with van der Waals surface area (Å²) in [6, 6.07) is 12.4. The van der Waals surface area contributed by atoms with Crippen LogP contribution in [-0.2, 0) is 16.1 Å². The normalized spacial score (nSPS) is 17.7. The summed E-state index contributed by atoms with van der Waals surface area (Å²) >= 11 is 6.30. The van der Waals surface area contributed by atoms with E-state index in [1.165, 1.54) is 47.6 Å². The molecule has 1 saturated heterocycles. The highest BCUT2D eigenvalue weighted by molar-refractivity contribution is 6.47. The highest BCUT2D eigenvalue weighted by Gasteiger charge is 2.46. The van der Waals surface area contributed by atoms with Crippen molar-refractivity contribution in [3.05, 3.63) is 94.2 Å². The van der Waals surface area contributed by atoms with Crippen molar-refractivity contribution in [3.63, 3.8) is 0 Å². The van der Waals surface area contributed by atoms with Crippen molar-refractivity contribution in [1.29, 1.82) is 0 Å². The van der Waals surface area contributed by atoms with Crippen molar-refractivity contribution in [3.8, 4) is 5.75 Å². The molecule has 0 bridgehead atoms. The number of Topliss-reactive ketones (excluding diaryl/α,β-unsaturated/α-hetero) is 1. The molecule has 1 unspecified atom stereocenters. The van der Waals surface area contributed by atoms with Gasteiger partial charge in [0.05, 0.1) is 36.1 Å². The first kappa shape index (κ1) is 21.6. The average molecular weight is 456 g/mol. The number of amides is 1. The molecule has 1 aliphatic heterocycles. The van der Waals surface area contributed by atoms with Crippen LogP contribution < -0.4 is 4.74 Å². The molecule has 1 atom stereocenters. The van der Waals surface area contributed by atoms with Crippen LogP contribution in [0, 0.1) is 5.82 Å². The van der Waals surface area contributed by atoms with E-state index in [9.17, 15) is 19.1 Å². The Balaban J connectivity index is 1.88. The van der Waals surface area contributed by atoms with E-state index in [4.69, 9.17) is 20.8 Å². The monoisotopic (exact) mass is 455 g/mol. The maximum atomic E-state index is 13.6. The number of benzene rings is 2. The van der Waals surface area contributed by atoms with Crippen molar-refractivity contribution in [2.24, 2.45) is 0 Å². The van der Waals surface area contributed by atoms with Crippen LogP contribution in [0.1, 0.15) is 29.9 Å². The van der Waals surface area contributed by atoms with E-state index in [1.54, 1.807) is 18.2 Å². The van der Waals surface area contributed by atoms with Crippen LogP contribution in [0.3, 0.4) is 0 Å². The molecule has 164 valence electrons. The molecule has 3 aromatic rings. The van der Waals surface area contributed by atoms with Gasteiger partial charge in [-0.3, -0.25) is 9.59 Å². The molecule has 1 fully saturated rings. The van der Waals surface area contributed by atoms with Gasteiger partial charge in [-0.2, -0.15) is 0 Å². The molecular formula is C24H19ClFNO5. The molecule has 0 saturated carbocycles. The van der Waals surface area contributed by atoms with Gasteiger partial charge in [0.25, 0.3) is 11.7 Å². The predicted octanol–water partition coefficient (Wildman–Crippen LogP) is 5.09. The molecule has 0 radical (unpaired) electrons. The Bertz CT molecular complexity index is 1190. The van der Waals surface area contributed by atoms with E-state index in [0.717, 1.165) is 0 Å². The fraction of sp³-hybridized carbons (Fsp3) is 0.167. The van der Waals surface area contributed by atoms with Crippen LogP contribution in [0.15, 0.2) is 70.9 Å². The molecule has 0 spiro atoms. The Morgan fingerprint density at radius 1 is 1.19 bits per heavy atom. The van der Waals surface area contributed by atoms with Crippen LogP contribution in [0.2, 0.25) is 5.02 Å². The van der Waals surface area contributed by atoms with Gasteiger partial charge in [-0.1, -0.05) is 23.7 Å². The summed E-state index contributed by atoms with van der Waals surface area (Å²) in [5, 5.41) is 11.3. The lowest BCUT2D eigenvalue weighted by Crippen LogP contribution is -2.29. The van der Waals surface area contributed by atoms with E-state index in [-0.39, 0.29) is 22.7 Å². The third kappa shape index (κ3) is 3.99. The third-order valence-corrected chi connectivity index (χ3v) is 5.47. The number of ketones is 1. The summed E-state index contributed by atoms with van der Waals surface area (Å²) in [4.78, 5) is 27.3. The zero-order valence-corrected chi connectivity index (χ0v) is 17.8. The van der Waals surface area contributed by atoms with E-state index in [2.05, 4.69) is 0 Å². The van der Waals surface area contributed by atoms with Gasteiger partial charge < -0.3 is 19.2 Å². The SMILES string of the molecule is CCOc1ccc(Cl)c(/C(O)=C2\C(=O)C(=O)N(Cc3ccco3)C2c2ccc(F)cc2)c1. The van der Waals surface area contributed by atoms with Crippen LogP contribution in [0.5, 0.6) is 5.75 Å². The highest BCUT2D eigenvalue weighted by atomic mass is 35.5. The number of carbonyl (C=O) groups excluding carboxylic acids is 2. The summed E-state index contributed by atoms with van der Waals surface area (Å²) in [6.45, 7) is 2.19. The number of nitrogens with zero attached hydrogens (tertiary/aromatic N) is 1. The summed E-state index contributed by atoms with van der Waals surface area (Å²) in [5.74, 6) is -1.69. The minimum Gasteiger partial charge on any atom is -0.507 e. The van der Waals surface area contributed by atoms with Gasteiger partial charge in [-0.05, 0) is 55.0 Å². The third-order valence-electron chi connectivity index (χ3n) is 5.14. The number of aliphatic hydroxyl groups excluding tert-OH is 1. The Morgan fingerprint density at radius 2 is 1.94 bits per heavy atom. The average Bonchev–Trinajstić information content (AvgIpc) is 3.38. The molecular weight excluding hydrogens is 437 g/mol. The first-order valence-corrected chi connectivity index (χ1v) is 10.3. The number of rotatable bonds is 6. The van der Waals surface area contributed by atoms with Crippen LogP contribution >= 0.6 is 11.6 Å². The van der Waals surface area contributed by atoms with E-state index >= 15 is 0 Å². The van der Waals surface area contributed by atoms with Crippen molar-refractivity contribution in [2.45, 2.75) is 19.5 Å².